The molecule has 0 unspecified atom stereocenters. The minimum Gasteiger partial charge on any atom is -0.507 e. The highest BCUT2D eigenvalue weighted by Gasteiger charge is 2.43. The Bertz CT molecular complexity index is 1320. The number of ketones is 1. The number of Topliss-reactive ketones (excluding diaryl/α,β-unsaturated/α-hetero) is 1. The number of carbonyl (C=O) groups is 1. The van der Waals surface area contributed by atoms with Crippen molar-refractivity contribution in [1.82, 2.24) is 0 Å². The van der Waals surface area contributed by atoms with Crippen molar-refractivity contribution in [3.8, 4) is 0 Å². The second kappa shape index (κ2) is 8.96. The van der Waals surface area contributed by atoms with Gasteiger partial charge in [0.2, 0.25) is 0 Å². The summed E-state index contributed by atoms with van der Waals surface area (Å²) in [6.45, 7) is 2.02. The van der Waals surface area contributed by atoms with Crippen molar-refractivity contribution in [2.45, 2.75) is 32.1 Å². The normalized spacial score (nSPS) is 19.8. The molecule has 0 radical (unpaired) electrons. The number of halogens is 1. The van der Waals surface area contributed by atoms with E-state index in [2.05, 4.69) is 0 Å². The van der Waals surface area contributed by atoms with Crippen molar-refractivity contribution < 1.29 is 9.90 Å². The van der Waals surface area contributed by atoms with Gasteiger partial charge in [-0.3, -0.25) is 15.1 Å². The van der Waals surface area contributed by atoms with Crippen LogP contribution >= 0.6 is 11.6 Å². The maximum atomic E-state index is 13.4. The second-order valence-electron chi connectivity index (χ2n) is 8.77. The van der Waals surface area contributed by atoms with Crippen molar-refractivity contribution >= 4 is 34.7 Å². The highest BCUT2D eigenvalue weighted by Crippen LogP contribution is 2.47. The third kappa shape index (κ3) is 3.84. The van der Waals surface area contributed by atoms with Crippen LogP contribution in [0.3, 0.4) is 0 Å². The summed E-state index contributed by atoms with van der Waals surface area (Å²) in [6, 6.07) is 24.5. The molecule has 2 aliphatic rings. The third-order valence-electron chi connectivity index (χ3n) is 6.55. The van der Waals surface area contributed by atoms with Crippen molar-refractivity contribution in [3.05, 3.63) is 117 Å². The molecule has 0 fully saturated rings. The Morgan fingerprint density at radius 1 is 0.971 bits per heavy atom. The monoisotopic (exact) mass is 468 g/mol. The van der Waals surface area contributed by atoms with Gasteiger partial charge in [-0.1, -0.05) is 71.8 Å². The molecule has 0 amide bonds. The predicted molar refractivity (Wildman–Crippen MR) is 137 cm³/mol. The first-order valence-corrected chi connectivity index (χ1v) is 11.8. The number of rotatable bonds is 3. The van der Waals surface area contributed by atoms with Crippen LogP contribution in [0.4, 0.5) is 5.69 Å². The molecule has 1 heterocycles. The van der Waals surface area contributed by atoms with E-state index in [1.807, 2.05) is 78.6 Å². The SMILES string of the molecule is Cc1ccc([C@H]2C3=C(CCCC3=O)N(c3ccc(Cl)cc3)C(=N)/C2=C(/O)c2ccccc2)cc1. The summed E-state index contributed by atoms with van der Waals surface area (Å²) >= 11 is 6.14. The van der Waals surface area contributed by atoms with E-state index in [4.69, 9.17) is 11.6 Å². The molecule has 0 saturated heterocycles. The van der Waals surface area contributed by atoms with Gasteiger partial charge in [0, 0.05) is 45.5 Å². The number of aryl methyl sites for hydroxylation is 1. The highest BCUT2D eigenvalue weighted by atomic mass is 35.5. The lowest BCUT2D eigenvalue weighted by atomic mass is 9.73. The number of anilines is 1. The summed E-state index contributed by atoms with van der Waals surface area (Å²) in [7, 11) is 0. The number of amidine groups is 1. The van der Waals surface area contributed by atoms with Crippen LogP contribution in [-0.4, -0.2) is 16.7 Å². The van der Waals surface area contributed by atoms with Gasteiger partial charge in [0.25, 0.3) is 0 Å². The maximum Gasteiger partial charge on any atom is 0.161 e. The quantitative estimate of drug-likeness (QED) is 0.399. The minimum absolute atomic E-state index is 0.0139. The molecule has 0 bridgehead atoms. The molecule has 1 atom stereocenters. The molecule has 2 N–H and O–H groups in total. The number of aliphatic hydroxyl groups excluding tert-OH is 1. The van der Waals surface area contributed by atoms with Crippen molar-refractivity contribution in [2.75, 3.05) is 4.90 Å². The van der Waals surface area contributed by atoms with Gasteiger partial charge in [-0.25, -0.2) is 0 Å². The first-order chi connectivity index (χ1) is 16.5. The van der Waals surface area contributed by atoms with Crippen LogP contribution in [0.2, 0.25) is 5.02 Å². The molecule has 1 aliphatic heterocycles. The van der Waals surface area contributed by atoms with E-state index >= 15 is 0 Å². The van der Waals surface area contributed by atoms with Gasteiger partial charge < -0.3 is 5.11 Å². The Balaban J connectivity index is 1.82. The Labute approximate surface area is 204 Å². The molecule has 3 aromatic carbocycles. The van der Waals surface area contributed by atoms with Gasteiger partial charge in [-0.15, -0.1) is 0 Å². The highest BCUT2D eigenvalue weighted by molar-refractivity contribution is 6.30. The molecule has 1 aliphatic carbocycles. The van der Waals surface area contributed by atoms with E-state index in [0.29, 0.717) is 34.6 Å². The summed E-state index contributed by atoms with van der Waals surface area (Å²) in [5, 5.41) is 21.5. The molecule has 0 aromatic heterocycles. The largest absolute Gasteiger partial charge is 0.507 e. The molecule has 0 saturated carbocycles. The first kappa shape index (κ1) is 22.2. The van der Waals surface area contributed by atoms with Crippen LogP contribution in [0, 0.1) is 12.3 Å². The van der Waals surface area contributed by atoms with Crippen LogP contribution in [0.25, 0.3) is 5.76 Å². The Kier molecular flexibility index (Phi) is 5.84. The fourth-order valence-corrected chi connectivity index (χ4v) is 5.04. The van der Waals surface area contributed by atoms with Crippen LogP contribution in [0.1, 0.15) is 41.9 Å². The number of aliphatic hydroxyl groups is 1. The van der Waals surface area contributed by atoms with Crippen molar-refractivity contribution in [3.63, 3.8) is 0 Å². The molecule has 5 rings (SSSR count). The van der Waals surface area contributed by atoms with E-state index in [1.54, 1.807) is 12.1 Å². The number of nitrogens with one attached hydrogen (secondary N) is 1. The molecule has 4 nitrogen and oxygen atoms in total. The number of hydrogen-bond acceptors (Lipinski definition) is 3. The lowest BCUT2D eigenvalue weighted by molar-refractivity contribution is -0.116. The van der Waals surface area contributed by atoms with Gasteiger partial charge in [0.1, 0.15) is 11.6 Å². The molecule has 34 heavy (non-hydrogen) atoms. The summed E-state index contributed by atoms with van der Waals surface area (Å²) in [5.41, 5.74) is 5.29. The fraction of sp³-hybridized carbons (Fsp3) is 0.172. The second-order valence-corrected chi connectivity index (χ2v) is 9.21. The average molecular weight is 469 g/mol. The zero-order chi connectivity index (χ0) is 23.8. The van der Waals surface area contributed by atoms with Crippen molar-refractivity contribution in [1.29, 1.82) is 5.41 Å². The van der Waals surface area contributed by atoms with E-state index in [0.717, 1.165) is 28.9 Å². The van der Waals surface area contributed by atoms with Crippen LogP contribution < -0.4 is 4.90 Å². The fourth-order valence-electron chi connectivity index (χ4n) is 4.91. The summed E-state index contributed by atoms with van der Waals surface area (Å²) in [5.74, 6) is -0.265. The van der Waals surface area contributed by atoms with Gasteiger partial charge in [-0.05, 0) is 49.6 Å². The molecular formula is C29H25ClN2O2. The van der Waals surface area contributed by atoms with E-state index in [1.165, 1.54) is 0 Å². The Hall–Kier alpha value is -3.63. The molecule has 3 aromatic rings. The minimum atomic E-state index is -0.514. The van der Waals surface area contributed by atoms with Crippen LogP contribution in [0.5, 0.6) is 0 Å². The molecular weight excluding hydrogens is 444 g/mol. The number of nitrogens with zero attached hydrogens (tertiary/aromatic N) is 1. The van der Waals surface area contributed by atoms with E-state index < -0.39 is 5.92 Å². The molecule has 0 spiro atoms. The number of allylic oxidation sites excluding steroid dienone is 2. The lowest BCUT2D eigenvalue weighted by Crippen LogP contribution is -2.42. The summed E-state index contributed by atoms with van der Waals surface area (Å²) in [6.07, 6.45) is 1.88. The standard InChI is InChI=1S/C29H25ClN2O2/c1-18-10-12-19(13-11-18)25-26-23(8-5-9-24(26)33)32(22-16-14-21(30)15-17-22)29(31)27(25)28(34)20-6-3-2-4-7-20/h2-4,6-7,10-17,25,31,34H,5,8-9H2,1H3/b28-27+,31-29?/t25-/m0/s1. The molecule has 5 heteroatoms. The van der Waals surface area contributed by atoms with E-state index in [9.17, 15) is 15.3 Å². The summed E-state index contributed by atoms with van der Waals surface area (Å²) in [4.78, 5) is 15.2. The zero-order valence-corrected chi connectivity index (χ0v) is 19.6. The van der Waals surface area contributed by atoms with Crippen LogP contribution in [0.15, 0.2) is 95.7 Å². The van der Waals surface area contributed by atoms with Crippen molar-refractivity contribution in [2.24, 2.45) is 0 Å². The topological polar surface area (TPSA) is 64.4 Å². The van der Waals surface area contributed by atoms with Gasteiger partial charge >= 0.3 is 0 Å². The number of hydrogen-bond donors (Lipinski definition) is 2. The predicted octanol–water partition coefficient (Wildman–Crippen LogP) is 7.21. The van der Waals surface area contributed by atoms with E-state index in [-0.39, 0.29) is 17.4 Å². The Morgan fingerprint density at radius 2 is 1.65 bits per heavy atom. The summed E-state index contributed by atoms with van der Waals surface area (Å²) < 4.78 is 0. The third-order valence-corrected chi connectivity index (χ3v) is 6.80. The Morgan fingerprint density at radius 3 is 2.32 bits per heavy atom. The zero-order valence-electron chi connectivity index (χ0n) is 18.9. The lowest BCUT2D eigenvalue weighted by Gasteiger charge is -2.41. The first-order valence-electron chi connectivity index (χ1n) is 11.4. The van der Waals surface area contributed by atoms with Crippen LogP contribution in [-0.2, 0) is 4.79 Å². The number of carbonyl (C=O) groups excluding carboxylic acids is 1. The van der Waals surface area contributed by atoms with Gasteiger partial charge in [0.05, 0.1) is 0 Å². The van der Waals surface area contributed by atoms with Gasteiger partial charge in [-0.2, -0.15) is 0 Å². The average Bonchev–Trinajstić information content (AvgIpc) is 2.85. The smallest absolute Gasteiger partial charge is 0.161 e. The number of benzene rings is 3. The maximum absolute atomic E-state index is 13.4. The van der Waals surface area contributed by atoms with Gasteiger partial charge in [0.15, 0.2) is 5.78 Å². The molecule has 170 valence electrons.